The number of ether oxygens (including phenoxy) is 1. The Hall–Kier alpha value is -1.28. The van der Waals surface area contributed by atoms with Gasteiger partial charge in [0.05, 0.1) is 6.61 Å². The van der Waals surface area contributed by atoms with Crippen LogP contribution in [0.3, 0.4) is 0 Å². The second-order valence-electron chi connectivity index (χ2n) is 8.16. The smallest absolute Gasteiger partial charge is 0.152 e. The summed E-state index contributed by atoms with van der Waals surface area (Å²) >= 11 is 6.08. The lowest BCUT2D eigenvalue weighted by molar-refractivity contribution is 0.167. The van der Waals surface area contributed by atoms with Gasteiger partial charge in [0.15, 0.2) is 5.82 Å². The molecule has 0 amide bonds. The Kier molecular flexibility index (Phi) is 7.41. The average Bonchev–Trinajstić information content (AvgIpc) is 2.71. The summed E-state index contributed by atoms with van der Waals surface area (Å²) in [6, 6.07) is 3.51. The largest absolute Gasteiger partial charge is 0.492 e. The van der Waals surface area contributed by atoms with Crippen LogP contribution >= 0.6 is 11.6 Å². The molecule has 1 aromatic rings. The van der Waals surface area contributed by atoms with E-state index in [2.05, 4.69) is 18.7 Å². The van der Waals surface area contributed by atoms with Gasteiger partial charge in [-0.3, -0.25) is 0 Å². The summed E-state index contributed by atoms with van der Waals surface area (Å²) in [6.45, 7) is 6.30. The van der Waals surface area contributed by atoms with Crippen molar-refractivity contribution in [3.05, 3.63) is 47.3 Å². The van der Waals surface area contributed by atoms with Crippen molar-refractivity contribution in [2.24, 2.45) is 23.7 Å². The van der Waals surface area contributed by atoms with Crippen molar-refractivity contribution in [3.63, 3.8) is 0 Å². The molecule has 3 heteroatoms. The van der Waals surface area contributed by atoms with Crippen LogP contribution in [-0.2, 0) is 0 Å². The first-order chi connectivity index (χ1) is 13.1. The molecule has 2 aliphatic rings. The van der Waals surface area contributed by atoms with Crippen LogP contribution < -0.4 is 4.74 Å². The number of benzene rings is 1. The number of allylic oxidation sites excluding steroid dienone is 2. The van der Waals surface area contributed by atoms with Crippen LogP contribution in [0.1, 0.15) is 63.9 Å². The zero-order valence-corrected chi connectivity index (χ0v) is 17.2. The van der Waals surface area contributed by atoms with Gasteiger partial charge < -0.3 is 4.74 Å². The molecule has 0 heterocycles. The molecule has 3 rings (SSSR count). The van der Waals surface area contributed by atoms with Crippen LogP contribution in [0.4, 0.5) is 4.39 Å². The lowest BCUT2D eigenvalue weighted by Crippen LogP contribution is -2.25. The van der Waals surface area contributed by atoms with E-state index < -0.39 is 0 Å². The summed E-state index contributed by atoms with van der Waals surface area (Å²) in [7, 11) is 0. The third kappa shape index (κ3) is 5.16. The van der Waals surface area contributed by atoms with E-state index in [1.54, 1.807) is 12.1 Å². The summed E-state index contributed by atoms with van der Waals surface area (Å²) in [4.78, 5) is 0. The topological polar surface area (TPSA) is 9.23 Å². The van der Waals surface area contributed by atoms with E-state index in [9.17, 15) is 4.39 Å². The zero-order chi connectivity index (χ0) is 19.2. The molecule has 1 aromatic carbocycles. The highest BCUT2D eigenvalue weighted by Crippen LogP contribution is 2.42. The molecule has 0 saturated heterocycles. The number of hydrogen-bond donors (Lipinski definition) is 0. The molecule has 0 aromatic heterocycles. The molecule has 0 N–H and O–H groups in total. The Morgan fingerprint density at radius 2 is 1.63 bits per heavy atom. The van der Waals surface area contributed by atoms with Crippen molar-refractivity contribution in [2.75, 3.05) is 6.61 Å². The van der Waals surface area contributed by atoms with Crippen LogP contribution in [0, 0.1) is 29.5 Å². The summed E-state index contributed by atoms with van der Waals surface area (Å²) in [5.41, 5.74) is 0.549. The molecule has 0 unspecified atom stereocenters. The molecule has 27 heavy (non-hydrogen) atoms. The van der Waals surface area contributed by atoms with Gasteiger partial charge in [0.1, 0.15) is 10.8 Å². The molecule has 2 aliphatic carbocycles. The Bertz CT molecular complexity index is 653. The lowest BCUT2D eigenvalue weighted by Gasteiger charge is -2.36. The SMILES string of the molecule is C=CC1CCC(C2CCC(/C=C/c3ccc(OCC)c(Cl)c3F)CC2)CC1. The predicted octanol–water partition coefficient (Wildman–Crippen LogP) is 7.69. The Balaban J connectivity index is 1.52. The van der Waals surface area contributed by atoms with Gasteiger partial charge in [0.2, 0.25) is 0 Å². The lowest BCUT2D eigenvalue weighted by atomic mass is 9.69. The third-order valence-corrected chi connectivity index (χ3v) is 6.91. The molecule has 0 aliphatic heterocycles. The van der Waals surface area contributed by atoms with E-state index in [0.29, 0.717) is 23.8 Å². The fourth-order valence-corrected chi connectivity index (χ4v) is 5.07. The molecule has 2 saturated carbocycles. The Morgan fingerprint density at radius 3 is 2.19 bits per heavy atom. The maximum Gasteiger partial charge on any atom is 0.152 e. The fraction of sp³-hybridized carbons (Fsp3) is 0.583. The highest BCUT2D eigenvalue weighted by Gasteiger charge is 2.29. The van der Waals surface area contributed by atoms with E-state index in [1.807, 2.05) is 13.0 Å². The van der Waals surface area contributed by atoms with Gasteiger partial charge in [0, 0.05) is 5.56 Å². The van der Waals surface area contributed by atoms with Crippen molar-refractivity contribution >= 4 is 17.7 Å². The summed E-state index contributed by atoms with van der Waals surface area (Å²) in [5, 5.41) is 0.0813. The number of hydrogen-bond acceptors (Lipinski definition) is 1. The third-order valence-electron chi connectivity index (χ3n) is 6.56. The minimum absolute atomic E-state index is 0.0813. The van der Waals surface area contributed by atoms with Crippen LogP contribution in [0.5, 0.6) is 5.75 Å². The normalized spacial score (nSPS) is 29.0. The predicted molar refractivity (Wildman–Crippen MR) is 113 cm³/mol. The van der Waals surface area contributed by atoms with Crippen molar-refractivity contribution in [1.29, 1.82) is 0 Å². The van der Waals surface area contributed by atoms with Gasteiger partial charge in [-0.1, -0.05) is 29.8 Å². The molecule has 1 nitrogen and oxygen atoms in total. The second-order valence-corrected chi connectivity index (χ2v) is 8.54. The first kappa shape index (κ1) is 20.5. The van der Waals surface area contributed by atoms with E-state index in [-0.39, 0.29) is 10.8 Å². The van der Waals surface area contributed by atoms with E-state index in [0.717, 1.165) is 17.8 Å². The van der Waals surface area contributed by atoms with Crippen molar-refractivity contribution in [2.45, 2.75) is 58.3 Å². The van der Waals surface area contributed by atoms with Gasteiger partial charge >= 0.3 is 0 Å². The summed E-state index contributed by atoms with van der Waals surface area (Å²) in [5.74, 6) is 3.13. The maximum atomic E-state index is 14.4. The minimum atomic E-state index is -0.383. The van der Waals surface area contributed by atoms with Crippen LogP contribution in [0.15, 0.2) is 30.9 Å². The van der Waals surface area contributed by atoms with E-state index >= 15 is 0 Å². The van der Waals surface area contributed by atoms with Gasteiger partial charge in [-0.05, 0) is 94.1 Å². The maximum absolute atomic E-state index is 14.4. The van der Waals surface area contributed by atoms with Crippen molar-refractivity contribution in [3.8, 4) is 5.75 Å². The highest BCUT2D eigenvalue weighted by molar-refractivity contribution is 6.32. The standard InChI is InChI=1S/C24H32ClFO/c1-3-17-5-10-19(11-6-17)20-12-7-18(8-13-20)9-14-21-15-16-22(27-4-2)23(25)24(21)26/h3,9,14-20H,1,4-8,10-13H2,2H3/b14-9+. The van der Waals surface area contributed by atoms with E-state index in [4.69, 9.17) is 16.3 Å². The number of rotatable bonds is 6. The molecule has 2 fully saturated rings. The highest BCUT2D eigenvalue weighted by atomic mass is 35.5. The Labute approximate surface area is 168 Å². The molecular formula is C24H32ClFO. The number of halogens is 2. The molecule has 0 atom stereocenters. The van der Waals surface area contributed by atoms with Gasteiger partial charge in [-0.25, -0.2) is 4.39 Å². The van der Waals surface area contributed by atoms with Crippen molar-refractivity contribution in [1.82, 2.24) is 0 Å². The summed E-state index contributed by atoms with van der Waals surface area (Å²) in [6.07, 6.45) is 16.7. The molecule has 148 valence electrons. The molecule has 0 radical (unpaired) electrons. The second kappa shape index (κ2) is 9.78. The molecular weight excluding hydrogens is 359 g/mol. The average molecular weight is 391 g/mol. The Morgan fingerprint density at radius 1 is 1.04 bits per heavy atom. The van der Waals surface area contributed by atoms with Gasteiger partial charge in [0.25, 0.3) is 0 Å². The monoisotopic (exact) mass is 390 g/mol. The fourth-order valence-electron chi connectivity index (χ4n) is 4.84. The molecule has 0 spiro atoms. The summed E-state index contributed by atoms with van der Waals surface area (Å²) < 4.78 is 19.8. The zero-order valence-electron chi connectivity index (χ0n) is 16.4. The van der Waals surface area contributed by atoms with Gasteiger partial charge in [-0.2, -0.15) is 0 Å². The first-order valence-corrected chi connectivity index (χ1v) is 10.9. The van der Waals surface area contributed by atoms with Gasteiger partial charge in [-0.15, -0.1) is 6.58 Å². The first-order valence-electron chi connectivity index (χ1n) is 10.5. The van der Waals surface area contributed by atoms with E-state index in [1.165, 1.54) is 51.4 Å². The quantitative estimate of drug-likeness (QED) is 0.452. The van der Waals surface area contributed by atoms with Crippen LogP contribution in [-0.4, -0.2) is 6.61 Å². The van der Waals surface area contributed by atoms with Crippen molar-refractivity contribution < 1.29 is 9.13 Å². The molecule has 0 bridgehead atoms. The van der Waals surface area contributed by atoms with Crippen LogP contribution in [0.25, 0.3) is 6.08 Å². The van der Waals surface area contributed by atoms with Crippen LogP contribution in [0.2, 0.25) is 5.02 Å². The minimum Gasteiger partial charge on any atom is -0.492 e.